The van der Waals surface area contributed by atoms with Crippen LogP contribution in [0.4, 0.5) is 10.1 Å². The van der Waals surface area contributed by atoms with Gasteiger partial charge in [-0.15, -0.1) is 0 Å². The minimum absolute atomic E-state index is 0.0926. The smallest absolute Gasteiger partial charge is 0.254 e. The second kappa shape index (κ2) is 11.3. The fraction of sp³-hybridized carbons (Fsp3) is 0.250. The highest BCUT2D eigenvalue weighted by Gasteiger charge is 2.41. The van der Waals surface area contributed by atoms with Crippen LogP contribution < -0.4 is 24.8 Å². The predicted molar refractivity (Wildman–Crippen MR) is 150 cm³/mol. The second-order valence-corrected chi connectivity index (χ2v) is 9.87. The summed E-state index contributed by atoms with van der Waals surface area (Å²) < 4.78 is 30.5. The van der Waals surface area contributed by atoms with Gasteiger partial charge in [0.2, 0.25) is 0 Å². The van der Waals surface area contributed by atoms with Crippen molar-refractivity contribution < 1.29 is 28.2 Å². The zero-order valence-electron chi connectivity index (χ0n) is 22.8. The van der Waals surface area contributed by atoms with Gasteiger partial charge >= 0.3 is 0 Å². The molecule has 0 radical (unpaired) electrons. The van der Waals surface area contributed by atoms with Crippen molar-refractivity contribution >= 4 is 17.4 Å². The van der Waals surface area contributed by atoms with Gasteiger partial charge in [0.1, 0.15) is 11.6 Å². The first-order valence-corrected chi connectivity index (χ1v) is 13.0. The third-order valence-electron chi connectivity index (χ3n) is 7.48. The van der Waals surface area contributed by atoms with Crippen LogP contribution in [0.3, 0.4) is 0 Å². The second-order valence-electron chi connectivity index (χ2n) is 9.87. The van der Waals surface area contributed by atoms with Gasteiger partial charge < -0.3 is 24.8 Å². The number of methoxy groups -OCH3 is 3. The Balaban J connectivity index is 1.53. The van der Waals surface area contributed by atoms with E-state index in [2.05, 4.69) is 10.6 Å². The highest BCUT2D eigenvalue weighted by molar-refractivity contribution is 6.10. The number of ether oxygens (including phenoxy) is 3. The molecule has 8 heteroatoms. The number of Topliss-reactive ketones (excluding diaryl/α,β-unsaturated/α-hetero) is 1. The molecule has 1 heterocycles. The molecule has 206 valence electrons. The molecule has 1 aliphatic heterocycles. The van der Waals surface area contributed by atoms with E-state index in [1.165, 1.54) is 12.1 Å². The maximum atomic E-state index is 14.4. The van der Waals surface area contributed by atoms with Gasteiger partial charge in [0, 0.05) is 40.6 Å². The molecule has 3 aromatic carbocycles. The number of ketones is 1. The number of rotatable bonds is 7. The van der Waals surface area contributed by atoms with Crippen LogP contribution in [-0.2, 0) is 9.59 Å². The van der Waals surface area contributed by atoms with E-state index in [1.54, 1.807) is 57.7 Å². The summed E-state index contributed by atoms with van der Waals surface area (Å²) in [6.07, 6.45) is 0.793. The molecule has 0 saturated heterocycles. The fourth-order valence-electron chi connectivity index (χ4n) is 5.57. The number of nitrogens with one attached hydrogen (secondary N) is 2. The SMILES string of the molecule is COc1ccc(NC(=O)C2=C(C)NC3=C(C(=O)C[C@@H](c4ccc(OC)c(OC)c4)C3)[C@H]2c2cccc(F)c2)cc1. The van der Waals surface area contributed by atoms with Crippen molar-refractivity contribution in [2.24, 2.45) is 0 Å². The van der Waals surface area contributed by atoms with Crippen molar-refractivity contribution in [2.75, 3.05) is 26.6 Å². The van der Waals surface area contributed by atoms with Gasteiger partial charge in [0.25, 0.3) is 5.91 Å². The molecule has 7 nitrogen and oxygen atoms in total. The lowest BCUT2D eigenvalue weighted by atomic mass is 9.71. The van der Waals surface area contributed by atoms with E-state index in [0.717, 1.165) is 11.3 Å². The number of amides is 1. The van der Waals surface area contributed by atoms with E-state index >= 15 is 0 Å². The van der Waals surface area contributed by atoms with Gasteiger partial charge in [-0.2, -0.15) is 0 Å². The molecule has 0 saturated carbocycles. The zero-order valence-corrected chi connectivity index (χ0v) is 22.8. The zero-order chi connectivity index (χ0) is 28.4. The summed E-state index contributed by atoms with van der Waals surface area (Å²) in [5.41, 5.74) is 4.29. The summed E-state index contributed by atoms with van der Waals surface area (Å²) in [5.74, 6) is 0.153. The number of anilines is 1. The van der Waals surface area contributed by atoms with Gasteiger partial charge in [-0.25, -0.2) is 4.39 Å². The Morgan fingerprint density at radius 1 is 0.900 bits per heavy atom. The topological polar surface area (TPSA) is 85.9 Å². The van der Waals surface area contributed by atoms with Crippen LogP contribution in [0.5, 0.6) is 17.2 Å². The molecule has 2 aliphatic rings. The van der Waals surface area contributed by atoms with Gasteiger partial charge in [-0.05, 0) is 78.9 Å². The van der Waals surface area contributed by atoms with Crippen LogP contribution in [0.2, 0.25) is 0 Å². The maximum absolute atomic E-state index is 14.4. The predicted octanol–water partition coefficient (Wildman–Crippen LogP) is 5.85. The van der Waals surface area contributed by atoms with Crippen molar-refractivity contribution in [3.8, 4) is 17.2 Å². The van der Waals surface area contributed by atoms with Crippen LogP contribution in [-0.4, -0.2) is 33.0 Å². The van der Waals surface area contributed by atoms with Crippen molar-refractivity contribution in [1.82, 2.24) is 5.32 Å². The summed E-state index contributed by atoms with van der Waals surface area (Å²) in [4.78, 5) is 27.6. The fourth-order valence-corrected chi connectivity index (χ4v) is 5.57. The van der Waals surface area contributed by atoms with Crippen molar-refractivity contribution in [3.63, 3.8) is 0 Å². The van der Waals surface area contributed by atoms with Crippen LogP contribution in [0.1, 0.15) is 42.7 Å². The third-order valence-corrected chi connectivity index (χ3v) is 7.48. The number of dihydropyridines is 1. The quantitative estimate of drug-likeness (QED) is 0.390. The number of halogens is 1. The summed E-state index contributed by atoms with van der Waals surface area (Å²) >= 11 is 0. The van der Waals surface area contributed by atoms with E-state index in [4.69, 9.17) is 14.2 Å². The minimum Gasteiger partial charge on any atom is -0.497 e. The van der Waals surface area contributed by atoms with E-state index < -0.39 is 11.7 Å². The van der Waals surface area contributed by atoms with E-state index in [1.807, 2.05) is 25.1 Å². The molecule has 3 aromatic rings. The Hall–Kier alpha value is -4.59. The number of benzene rings is 3. The normalized spacial score (nSPS) is 18.6. The molecule has 0 fully saturated rings. The number of allylic oxidation sites excluding steroid dienone is 3. The summed E-state index contributed by atoms with van der Waals surface area (Å²) in [7, 11) is 4.73. The Labute approximate surface area is 232 Å². The van der Waals surface area contributed by atoms with Gasteiger partial charge in [-0.3, -0.25) is 9.59 Å². The standard InChI is InChI=1S/C32H31FN2O5/c1-18-29(32(37)35-23-9-11-24(38-2)12-10-23)30(20-6-5-7-22(33)14-20)31-25(34-18)15-21(16-26(31)36)19-8-13-27(39-3)28(17-19)40-4/h5-14,17,21,30,34H,15-16H2,1-4H3,(H,35,37)/t21-,30-/m0/s1. The Morgan fingerprint density at radius 2 is 1.65 bits per heavy atom. The van der Waals surface area contributed by atoms with Crippen LogP contribution >= 0.6 is 0 Å². The molecule has 1 amide bonds. The monoisotopic (exact) mass is 542 g/mol. The lowest BCUT2D eigenvalue weighted by Gasteiger charge is -2.37. The molecule has 0 spiro atoms. The molecule has 0 aromatic heterocycles. The lowest BCUT2D eigenvalue weighted by Crippen LogP contribution is -2.37. The highest BCUT2D eigenvalue weighted by Crippen LogP contribution is 2.46. The van der Waals surface area contributed by atoms with Crippen molar-refractivity contribution in [2.45, 2.75) is 31.6 Å². The Kier molecular flexibility index (Phi) is 7.60. The first-order valence-electron chi connectivity index (χ1n) is 13.0. The summed E-state index contributed by atoms with van der Waals surface area (Å²) in [6, 6.07) is 18.7. The first-order chi connectivity index (χ1) is 19.3. The first kappa shape index (κ1) is 27.0. The van der Waals surface area contributed by atoms with Crippen LogP contribution in [0.15, 0.2) is 89.3 Å². The molecule has 40 heavy (non-hydrogen) atoms. The van der Waals surface area contributed by atoms with Crippen molar-refractivity contribution in [1.29, 1.82) is 0 Å². The maximum Gasteiger partial charge on any atom is 0.254 e. The summed E-state index contributed by atoms with van der Waals surface area (Å²) in [6.45, 7) is 1.81. The molecule has 1 aliphatic carbocycles. The highest BCUT2D eigenvalue weighted by atomic mass is 19.1. The average Bonchev–Trinajstić information content (AvgIpc) is 2.96. The molecule has 0 bridgehead atoms. The molecular formula is C32H31FN2O5. The van der Waals surface area contributed by atoms with E-state index in [9.17, 15) is 14.0 Å². The number of carbonyl (C=O) groups excluding carboxylic acids is 2. The molecular weight excluding hydrogens is 511 g/mol. The summed E-state index contributed by atoms with van der Waals surface area (Å²) in [5, 5.41) is 6.29. The molecule has 0 unspecified atom stereocenters. The van der Waals surface area contributed by atoms with E-state index in [0.29, 0.717) is 51.8 Å². The van der Waals surface area contributed by atoms with E-state index in [-0.39, 0.29) is 24.0 Å². The van der Waals surface area contributed by atoms with Crippen LogP contribution in [0.25, 0.3) is 0 Å². The molecule has 2 atom stereocenters. The number of hydrogen-bond donors (Lipinski definition) is 2. The largest absolute Gasteiger partial charge is 0.497 e. The third kappa shape index (κ3) is 5.17. The van der Waals surface area contributed by atoms with Gasteiger partial charge in [0.05, 0.1) is 21.3 Å². The molecule has 2 N–H and O–H groups in total. The van der Waals surface area contributed by atoms with Gasteiger partial charge in [0.15, 0.2) is 17.3 Å². The number of hydrogen-bond acceptors (Lipinski definition) is 6. The lowest BCUT2D eigenvalue weighted by molar-refractivity contribution is -0.116. The Bertz CT molecular complexity index is 1530. The Morgan fingerprint density at radius 3 is 2.33 bits per heavy atom. The minimum atomic E-state index is -0.718. The van der Waals surface area contributed by atoms with Crippen LogP contribution in [0, 0.1) is 5.82 Å². The number of carbonyl (C=O) groups is 2. The molecule has 5 rings (SSSR count). The average molecular weight is 543 g/mol. The van der Waals surface area contributed by atoms with Crippen molar-refractivity contribution in [3.05, 3.63) is 106 Å². The van der Waals surface area contributed by atoms with Gasteiger partial charge in [-0.1, -0.05) is 18.2 Å².